The Morgan fingerprint density at radius 2 is 1.52 bits per heavy atom. The first kappa shape index (κ1) is 18.4. The molecule has 0 heterocycles. The number of hydrogen-bond acceptors (Lipinski definition) is 2. The molecule has 0 amide bonds. The zero-order valence-electron chi connectivity index (χ0n) is 15.0. The highest BCUT2D eigenvalue weighted by atomic mass is 16.4. The Labute approximate surface area is 159 Å². The van der Waals surface area contributed by atoms with Crippen LogP contribution in [0.25, 0.3) is 11.1 Å². The first-order chi connectivity index (χ1) is 13.2. The van der Waals surface area contributed by atoms with Gasteiger partial charge in [0, 0.05) is 12.1 Å². The van der Waals surface area contributed by atoms with E-state index in [9.17, 15) is 4.79 Å². The normalized spacial score (nSPS) is 10.1. The van der Waals surface area contributed by atoms with Gasteiger partial charge in [-0.1, -0.05) is 66.4 Å². The predicted octanol–water partition coefficient (Wildman–Crippen LogP) is 4.24. The molecule has 0 spiro atoms. The van der Waals surface area contributed by atoms with Crippen LogP contribution in [0.4, 0.5) is 0 Å². The van der Waals surface area contributed by atoms with Gasteiger partial charge < -0.3 is 10.4 Å². The molecule has 0 aliphatic heterocycles. The van der Waals surface area contributed by atoms with Gasteiger partial charge in [-0.3, -0.25) is 0 Å². The fourth-order valence-corrected chi connectivity index (χ4v) is 2.72. The second-order valence-corrected chi connectivity index (χ2v) is 6.17. The van der Waals surface area contributed by atoms with Gasteiger partial charge in [-0.05, 0) is 47.4 Å². The largest absolute Gasteiger partial charge is 0.478 e. The number of hydrogen-bond donors (Lipinski definition) is 2. The molecule has 0 saturated heterocycles. The van der Waals surface area contributed by atoms with Gasteiger partial charge in [0.15, 0.2) is 0 Å². The number of benzene rings is 3. The standard InChI is InChI=1S/C24H21NO2/c26-24(27)23-14-10-20(11-15-23)16-18-25-17-4-5-19-8-12-22(13-9-19)21-6-2-1-3-7-21/h1-3,6-15,25H,16-18H2,(H,26,27). The van der Waals surface area contributed by atoms with E-state index in [1.54, 1.807) is 12.1 Å². The molecule has 3 heteroatoms. The van der Waals surface area contributed by atoms with E-state index >= 15 is 0 Å². The van der Waals surface area contributed by atoms with Crippen LogP contribution in [0, 0.1) is 11.8 Å². The summed E-state index contributed by atoms with van der Waals surface area (Å²) in [7, 11) is 0. The minimum atomic E-state index is -0.897. The Morgan fingerprint density at radius 1 is 0.852 bits per heavy atom. The molecule has 0 aromatic heterocycles. The van der Waals surface area contributed by atoms with Gasteiger partial charge in [0.05, 0.1) is 12.1 Å². The lowest BCUT2D eigenvalue weighted by atomic mass is 10.0. The molecule has 0 bridgehead atoms. The van der Waals surface area contributed by atoms with Crippen LogP contribution in [0.5, 0.6) is 0 Å². The number of carboxylic acids is 1. The first-order valence-electron chi connectivity index (χ1n) is 8.90. The van der Waals surface area contributed by atoms with Crippen molar-refractivity contribution in [1.29, 1.82) is 0 Å². The second-order valence-electron chi connectivity index (χ2n) is 6.17. The predicted molar refractivity (Wildman–Crippen MR) is 109 cm³/mol. The van der Waals surface area contributed by atoms with Crippen LogP contribution in [0.15, 0.2) is 78.9 Å². The zero-order chi connectivity index (χ0) is 18.9. The van der Waals surface area contributed by atoms with Crippen LogP contribution in [0.3, 0.4) is 0 Å². The molecule has 0 aliphatic carbocycles. The molecule has 2 N–H and O–H groups in total. The van der Waals surface area contributed by atoms with Gasteiger partial charge in [-0.15, -0.1) is 0 Å². The summed E-state index contributed by atoms with van der Waals surface area (Å²) in [6, 6.07) is 25.5. The second kappa shape index (κ2) is 9.38. The summed E-state index contributed by atoms with van der Waals surface area (Å²) in [4.78, 5) is 10.8. The van der Waals surface area contributed by atoms with Crippen LogP contribution in [0.1, 0.15) is 21.5 Å². The molecular weight excluding hydrogens is 334 g/mol. The molecule has 0 saturated carbocycles. The molecule has 3 aromatic rings. The maximum absolute atomic E-state index is 10.8. The van der Waals surface area contributed by atoms with Crippen LogP contribution >= 0.6 is 0 Å². The van der Waals surface area contributed by atoms with Gasteiger partial charge in [0.25, 0.3) is 0 Å². The summed E-state index contributed by atoms with van der Waals surface area (Å²) >= 11 is 0. The van der Waals surface area contributed by atoms with E-state index in [1.807, 2.05) is 42.5 Å². The van der Waals surface area contributed by atoms with Crippen molar-refractivity contribution in [2.75, 3.05) is 13.1 Å². The highest BCUT2D eigenvalue weighted by Crippen LogP contribution is 2.18. The Bertz CT molecular complexity index is 934. The van der Waals surface area contributed by atoms with Crippen molar-refractivity contribution in [3.63, 3.8) is 0 Å². The van der Waals surface area contributed by atoms with E-state index in [2.05, 4.69) is 41.4 Å². The van der Waals surface area contributed by atoms with E-state index in [0.717, 1.165) is 24.1 Å². The van der Waals surface area contributed by atoms with E-state index < -0.39 is 5.97 Å². The lowest BCUT2D eigenvalue weighted by Crippen LogP contribution is -2.17. The van der Waals surface area contributed by atoms with Crippen molar-refractivity contribution in [2.24, 2.45) is 0 Å². The van der Waals surface area contributed by atoms with Crippen LogP contribution in [-0.4, -0.2) is 24.2 Å². The van der Waals surface area contributed by atoms with Gasteiger partial charge in [0.2, 0.25) is 0 Å². The van der Waals surface area contributed by atoms with E-state index in [4.69, 9.17) is 5.11 Å². The van der Waals surface area contributed by atoms with Gasteiger partial charge in [0.1, 0.15) is 0 Å². The Hall–Kier alpha value is -3.35. The van der Waals surface area contributed by atoms with Crippen LogP contribution in [0.2, 0.25) is 0 Å². The summed E-state index contributed by atoms with van der Waals surface area (Å²) < 4.78 is 0. The van der Waals surface area contributed by atoms with Gasteiger partial charge in [-0.2, -0.15) is 0 Å². The fourth-order valence-electron chi connectivity index (χ4n) is 2.72. The summed E-state index contributed by atoms with van der Waals surface area (Å²) in [6.45, 7) is 1.42. The summed E-state index contributed by atoms with van der Waals surface area (Å²) in [5.41, 5.74) is 4.82. The van der Waals surface area contributed by atoms with Crippen molar-refractivity contribution >= 4 is 5.97 Å². The minimum Gasteiger partial charge on any atom is -0.478 e. The number of carboxylic acid groups (broad SMARTS) is 1. The Balaban J connectivity index is 1.43. The van der Waals surface area contributed by atoms with Crippen molar-refractivity contribution in [2.45, 2.75) is 6.42 Å². The van der Waals surface area contributed by atoms with Gasteiger partial charge in [-0.25, -0.2) is 4.79 Å². The molecular formula is C24H21NO2. The molecule has 0 atom stereocenters. The molecule has 27 heavy (non-hydrogen) atoms. The lowest BCUT2D eigenvalue weighted by molar-refractivity contribution is 0.0697. The molecule has 0 fully saturated rings. The summed E-state index contributed by atoms with van der Waals surface area (Å²) in [5.74, 6) is 5.40. The van der Waals surface area contributed by atoms with E-state index in [-0.39, 0.29) is 0 Å². The van der Waals surface area contributed by atoms with Crippen LogP contribution < -0.4 is 5.32 Å². The third-order valence-corrected chi connectivity index (χ3v) is 4.23. The fraction of sp³-hybridized carbons (Fsp3) is 0.125. The van der Waals surface area contributed by atoms with Crippen molar-refractivity contribution in [3.05, 3.63) is 95.6 Å². The maximum Gasteiger partial charge on any atom is 0.335 e. The molecule has 3 aromatic carbocycles. The van der Waals surface area contributed by atoms with Crippen molar-refractivity contribution in [3.8, 4) is 23.0 Å². The molecule has 134 valence electrons. The van der Waals surface area contributed by atoms with E-state index in [0.29, 0.717) is 12.1 Å². The maximum atomic E-state index is 10.8. The third kappa shape index (κ3) is 5.57. The first-order valence-corrected chi connectivity index (χ1v) is 8.90. The van der Waals surface area contributed by atoms with E-state index in [1.165, 1.54) is 11.1 Å². The smallest absolute Gasteiger partial charge is 0.335 e. The third-order valence-electron chi connectivity index (χ3n) is 4.23. The average molecular weight is 355 g/mol. The summed E-state index contributed by atoms with van der Waals surface area (Å²) in [6.07, 6.45) is 0.841. The molecule has 3 nitrogen and oxygen atoms in total. The Morgan fingerprint density at radius 3 is 2.19 bits per heavy atom. The van der Waals surface area contributed by atoms with Crippen molar-refractivity contribution < 1.29 is 9.90 Å². The van der Waals surface area contributed by atoms with Crippen LogP contribution in [-0.2, 0) is 6.42 Å². The topological polar surface area (TPSA) is 49.3 Å². The quantitative estimate of drug-likeness (QED) is 0.514. The van der Waals surface area contributed by atoms with Gasteiger partial charge >= 0.3 is 5.97 Å². The summed E-state index contributed by atoms with van der Waals surface area (Å²) in [5, 5.41) is 12.2. The number of aromatic carboxylic acids is 1. The van der Waals surface area contributed by atoms with Crippen molar-refractivity contribution in [1.82, 2.24) is 5.32 Å². The Kier molecular flexibility index (Phi) is 6.40. The SMILES string of the molecule is O=C(O)c1ccc(CCNCC#Cc2ccc(-c3ccccc3)cc2)cc1. The highest BCUT2D eigenvalue weighted by Gasteiger charge is 2.01. The zero-order valence-corrected chi connectivity index (χ0v) is 15.0. The lowest BCUT2D eigenvalue weighted by Gasteiger charge is -2.02. The molecule has 0 aliphatic rings. The monoisotopic (exact) mass is 355 g/mol. The molecule has 0 radical (unpaired) electrons. The minimum absolute atomic E-state index is 0.316. The molecule has 3 rings (SSSR count). The highest BCUT2D eigenvalue weighted by molar-refractivity contribution is 5.87. The number of nitrogens with one attached hydrogen (secondary N) is 1. The average Bonchev–Trinajstić information content (AvgIpc) is 2.72. The number of rotatable bonds is 6. The number of carbonyl (C=O) groups is 1. The molecule has 0 unspecified atom stereocenters.